The number of carboxylic acids is 2. The fraction of sp³-hybridized carbons (Fsp3) is 0.0714. The van der Waals surface area contributed by atoms with Crippen molar-refractivity contribution in [1.29, 1.82) is 0 Å². The third-order valence-corrected chi connectivity index (χ3v) is 6.04. The van der Waals surface area contributed by atoms with Crippen LogP contribution in [0.3, 0.4) is 0 Å². The van der Waals surface area contributed by atoms with Crippen molar-refractivity contribution in [1.82, 2.24) is 0 Å². The van der Waals surface area contributed by atoms with Crippen LogP contribution in [0.2, 0.25) is 0 Å². The minimum Gasteiger partial charge on any atom is -0.665 e. The van der Waals surface area contributed by atoms with Crippen LogP contribution in [-0.2, 0) is 26.7 Å². The minimum absolute atomic E-state index is 0. The predicted octanol–water partition coefficient (Wildman–Crippen LogP) is 4.51. The number of allylic oxidation sites excluding steroid dienone is 4. The molecule has 10 heteroatoms. The van der Waals surface area contributed by atoms with E-state index in [0.29, 0.717) is 0 Å². The number of rotatable bonds is 4. The van der Waals surface area contributed by atoms with Gasteiger partial charge in [0.15, 0.2) is 0 Å². The summed E-state index contributed by atoms with van der Waals surface area (Å²) in [6.07, 6.45) is 23.2. The summed E-state index contributed by atoms with van der Waals surface area (Å²) in [5.74, 6) is -2.26. The Morgan fingerprint density at radius 1 is 0.553 bits per heavy atom. The molecule has 4 aliphatic heterocycles. The summed E-state index contributed by atoms with van der Waals surface area (Å²) >= 11 is 0.870. The van der Waals surface area contributed by atoms with Crippen LogP contribution >= 0.6 is 11.8 Å². The van der Waals surface area contributed by atoms with Gasteiger partial charge in [0, 0.05) is 17.1 Å². The number of thioether (sulfide) groups is 1. The van der Waals surface area contributed by atoms with E-state index in [1.165, 1.54) is 0 Å². The molecule has 0 aromatic heterocycles. The number of carbonyl (C=O) groups is 2. The van der Waals surface area contributed by atoms with Crippen LogP contribution in [0, 0.1) is 0 Å². The summed E-state index contributed by atoms with van der Waals surface area (Å²) in [5.41, 5.74) is 3.91. The van der Waals surface area contributed by atoms with Gasteiger partial charge in [-0.3, -0.25) is 9.59 Å². The summed E-state index contributed by atoms with van der Waals surface area (Å²) in [6, 6.07) is 8.30. The smallest absolute Gasteiger partial charge is 0.313 e. The fourth-order valence-electron chi connectivity index (χ4n) is 3.59. The van der Waals surface area contributed by atoms with Gasteiger partial charge in [0.25, 0.3) is 0 Å². The van der Waals surface area contributed by atoms with Crippen LogP contribution in [0.4, 0.5) is 22.7 Å². The number of hydrogen-bond donors (Lipinski definition) is 2. The maximum absolute atomic E-state index is 9.77. The van der Waals surface area contributed by atoms with E-state index in [-0.39, 0.29) is 28.6 Å². The molecule has 0 unspecified atom stereocenters. The maximum Gasteiger partial charge on any atom is 0.313 e. The van der Waals surface area contributed by atoms with Crippen LogP contribution in [0.15, 0.2) is 73.4 Å². The molecule has 0 bridgehead atoms. The molecular formula is C28H22MnN4O4S-4. The monoisotopic (exact) mass is 565 g/mol. The van der Waals surface area contributed by atoms with Crippen molar-refractivity contribution in [3.05, 3.63) is 116 Å². The first-order valence-corrected chi connectivity index (χ1v) is 12.4. The van der Waals surface area contributed by atoms with Gasteiger partial charge in [-0.25, -0.2) is 0 Å². The van der Waals surface area contributed by atoms with E-state index in [2.05, 4.69) is 69.8 Å². The Morgan fingerprint density at radius 2 is 0.816 bits per heavy atom. The molecule has 2 aromatic rings. The molecular weight excluding hydrogens is 543 g/mol. The van der Waals surface area contributed by atoms with Crippen LogP contribution in [0.25, 0.3) is 45.6 Å². The summed E-state index contributed by atoms with van der Waals surface area (Å²) < 4.78 is 0. The zero-order valence-corrected chi connectivity index (χ0v) is 21.9. The second-order valence-corrected chi connectivity index (χ2v) is 8.70. The average Bonchev–Trinajstić information content (AvgIpc) is 2.93. The number of aliphatic carboxylic acids is 2. The first kappa shape index (κ1) is 28.5. The molecule has 0 fully saturated rings. The zero-order valence-electron chi connectivity index (χ0n) is 19.9. The number of benzene rings is 2. The molecule has 1 radical (unpaired) electrons. The van der Waals surface area contributed by atoms with Crippen molar-refractivity contribution in [2.75, 3.05) is 11.5 Å². The molecule has 0 aliphatic carbocycles. The Bertz CT molecular complexity index is 1360. The van der Waals surface area contributed by atoms with Gasteiger partial charge >= 0.3 is 11.9 Å². The molecule has 4 heterocycles. The van der Waals surface area contributed by atoms with E-state index < -0.39 is 11.9 Å². The standard InChI is InChI=1S/2C12H8N2.C4H6O4S.Mn/c2*1-3-9-5-6-10-4-2-8-14-12(10)11(9)13-7-1;5-3(6)1-9-2-4(7)8;/h2*1-8H;1-2H2,(H,5,6)(H,7,8);/q2*-2;;. The van der Waals surface area contributed by atoms with E-state index in [4.69, 9.17) is 10.2 Å². The molecule has 0 amide bonds. The number of fused-ring (bicyclic) bond motifs is 6. The van der Waals surface area contributed by atoms with Gasteiger partial charge in [-0.15, -0.1) is 34.5 Å². The molecule has 2 aromatic carbocycles. The number of hydrogen-bond acceptors (Lipinski definition) is 3. The molecule has 0 atom stereocenters. The topological polar surface area (TPSA) is 131 Å². The van der Waals surface area contributed by atoms with Crippen molar-refractivity contribution < 1.29 is 36.9 Å². The molecule has 195 valence electrons. The van der Waals surface area contributed by atoms with Crippen LogP contribution in [0.1, 0.15) is 0 Å². The maximum atomic E-state index is 9.77. The summed E-state index contributed by atoms with van der Waals surface area (Å²) in [6.45, 7) is 0. The van der Waals surface area contributed by atoms with Gasteiger partial charge in [0.2, 0.25) is 0 Å². The van der Waals surface area contributed by atoms with E-state index in [9.17, 15) is 9.59 Å². The van der Waals surface area contributed by atoms with E-state index in [0.717, 1.165) is 55.4 Å². The van der Waals surface area contributed by atoms with Gasteiger partial charge in [-0.2, -0.15) is 24.8 Å². The Hall–Kier alpha value is -4.11. The zero-order chi connectivity index (χ0) is 26.0. The van der Waals surface area contributed by atoms with Gasteiger partial charge in [0.1, 0.15) is 0 Å². The molecule has 6 rings (SSSR count). The van der Waals surface area contributed by atoms with Crippen LogP contribution in [0.5, 0.6) is 0 Å². The quantitative estimate of drug-likeness (QED) is 0.527. The van der Waals surface area contributed by atoms with Crippen molar-refractivity contribution in [3.8, 4) is 0 Å². The Balaban J connectivity index is 0.000000161. The van der Waals surface area contributed by atoms with Gasteiger partial charge < -0.3 is 31.5 Å². The molecule has 4 aliphatic rings. The molecule has 0 saturated heterocycles. The van der Waals surface area contributed by atoms with Crippen LogP contribution < -0.4 is 20.9 Å². The van der Waals surface area contributed by atoms with Crippen molar-refractivity contribution in [2.45, 2.75) is 0 Å². The fourth-order valence-corrected chi connectivity index (χ4v) is 4.04. The molecule has 8 nitrogen and oxygen atoms in total. The predicted molar refractivity (Wildman–Crippen MR) is 150 cm³/mol. The van der Waals surface area contributed by atoms with Gasteiger partial charge in [-0.1, -0.05) is 72.9 Å². The van der Waals surface area contributed by atoms with Gasteiger partial charge in [0.05, 0.1) is 11.5 Å². The summed E-state index contributed by atoms with van der Waals surface area (Å²) in [4.78, 5) is 19.5. The second kappa shape index (κ2) is 14.0. The molecule has 0 spiro atoms. The third-order valence-electron chi connectivity index (χ3n) is 5.14. The molecule has 38 heavy (non-hydrogen) atoms. The molecule has 0 saturated carbocycles. The van der Waals surface area contributed by atoms with Crippen molar-refractivity contribution in [3.63, 3.8) is 0 Å². The average molecular weight is 566 g/mol. The van der Waals surface area contributed by atoms with E-state index in [1.54, 1.807) is 24.8 Å². The number of nitrogens with zero attached hydrogens (tertiary/aromatic N) is 4. The SMILES string of the molecule is C1=C[N-]c2c3c(ccc2=C1)=CC=C[N-]3.C1=C[N-]c2c3c(ccc2=C1)=CC=C[N-]3.O=C(O)CSCC(=O)O.[Mn]. The largest absolute Gasteiger partial charge is 0.665 e. The summed E-state index contributed by atoms with van der Waals surface area (Å²) in [5, 5.41) is 38.0. The minimum atomic E-state index is -0.985. The summed E-state index contributed by atoms with van der Waals surface area (Å²) in [7, 11) is 0. The Morgan fingerprint density at radius 3 is 1.05 bits per heavy atom. The Labute approximate surface area is 234 Å². The second-order valence-electron chi connectivity index (χ2n) is 7.71. The number of carboxylic acid groups (broad SMARTS) is 2. The van der Waals surface area contributed by atoms with Crippen molar-refractivity contribution >= 4 is 70.8 Å². The van der Waals surface area contributed by atoms with Crippen LogP contribution in [-0.4, -0.2) is 33.7 Å². The molecule has 2 N–H and O–H groups in total. The normalized spacial score (nSPS) is 13.5. The Kier molecular flexibility index (Phi) is 10.5. The third kappa shape index (κ3) is 7.45. The van der Waals surface area contributed by atoms with Crippen molar-refractivity contribution in [2.24, 2.45) is 0 Å². The van der Waals surface area contributed by atoms with E-state index >= 15 is 0 Å². The van der Waals surface area contributed by atoms with E-state index in [1.807, 2.05) is 24.3 Å². The van der Waals surface area contributed by atoms with Gasteiger partial charge in [-0.05, 0) is 20.9 Å². The first-order chi connectivity index (χ1) is 18.0. The first-order valence-electron chi connectivity index (χ1n) is 11.2.